The van der Waals surface area contributed by atoms with E-state index in [-0.39, 0.29) is 41.3 Å². The van der Waals surface area contributed by atoms with Gasteiger partial charge in [0.05, 0.1) is 18.2 Å². The number of primary amides is 1. The lowest BCUT2D eigenvalue weighted by Gasteiger charge is -2.44. The van der Waals surface area contributed by atoms with Gasteiger partial charge in [0.25, 0.3) is 5.91 Å². The molecule has 5 fully saturated rings. The third kappa shape index (κ3) is 9.77. The van der Waals surface area contributed by atoms with Crippen molar-refractivity contribution in [1.82, 2.24) is 25.8 Å². The van der Waals surface area contributed by atoms with Crippen molar-refractivity contribution in [2.75, 3.05) is 19.6 Å². The first-order valence-electron chi connectivity index (χ1n) is 20.8. The van der Waals surface area contributed by atoms with Gasteiger partial charge in [-0.15, -0.1) is 0 Å². The van der Waals surface area contributed by atoms with E-state index in [4.69, 9.17) is 10.5 Å². The number of morpholine rings is 1. The normalized spacial score (nSPS) is 27.5. The highest BCUT2D eigenvalue weighted by molar-refractivity contribution is 6.37. The van der Waals surface area contributed by atoms with E-state index >= 15 is 0 Å². The van der Waals surface area contributed by atoms with Crippen LogP contribution in [0.25, 0.3) is 0 Å². The van der Waals surface area contributed by atoms with Crippen LogP contribution < -0.4 is 21.7 Å². The largest absolute Gasteiger partial charge is 0.372 e. The minimum Gasteiger partial charge on any atom is -0.372 e. The number of nitrogens with two attached hydrogens (primary N) is 1. The van der Waals surface area contributed by atoms with Gasteiger partial charge in [0, 0.05) is 19.6 Å². The van der Waals surface area contributed by atoms with E-state index < -0.39 is 59.1 Å². The van der Waals surface area contributed by atoms with Crippen molar-refractivity contribution in [3.8, 4) is 0 Å². The number of hydrogen-bond acceptors (Lipinski definition) is 7. The van der Waals surface area contributed by atoms with E-state index in [0.717, 1.165) is 70.6 Å². The van der Waals surface area contributed by atoms with E-state index in [1.54, 1.807) is 9.80 Å². The molecule has 5 rings (SSSR count). The fraction of sp³-hybridized carbons (Fsp3) is 0.854. The number of ether oxygens (including phenoxy) is 1. The van der Waals surface area contributed by atoms with Crippen molar-refractivity contribution in [2.45, 2.75) is 168 Å². The standard InChI is InChI=1S/C41H68N6O7/c1-24-21-46(22-25(2)54-24)37(51)32(27-15-9-8-10-16-27)44-39(53)45-34(40(3,4)5)38(52)47-23-29(41(6,7)28-17-12-18-28)20-31(47)36(50)43-30(33(48)35(42)49)19-26-13-11-14-26/h24-32,34H,8-23H2,1-7H3,(H2,42,49)(H,43,50)(H2,44,45,53)/t24-,25+,29?,30?,31-,32-,34-/m0/s1. The Morgan fingerprint density at radius 2 is 1.35 bits per heavy atom. The van der Waals surface area contributed by atoms with Crippen LogP contribution in [-0.2, 0) is 28.7 Å². The fourth-order valence-electron chi connectivity index (χ4n) is 9.62. The Balaban J connectivity index is 1.37. The summed E-state index contributed by atoms with van der Waals surface area (Å²) in [7, 11) is 0. The second-order valence-corrected chi connectivity index (χ2v) is 19.0. The second-order valence-electron chi connectivity index (χ2n) is 19.0. The zero-order valence-corrected chi connectivity index (χ0v) is 33.9. The quantitative estimate of drug-likeness (QED) is 0.205. The minimum absolute atomic E-state index is 0.000443. The van der Waals surface area contributed by atoms with Gasteiger partial charge in [0.2, 0.25) is 23.5 Å². The molecule has 0 aromatic heterocycles. The van der Waals surface area contributed by atoms with Crippen LogP contribution in [0.1, 0.15) is 132 Å². The summed E-state index contributed by atoms with van der Waals surface area (Å²) in [5.74, 6) is -2.25. The van der Waals surface area contributed by atoms with Crippen molar-refractivity contribution in [1.29, 1.82) is 0 Å². The number of likely N-dealkylation sites (tertiary alicyclic amines) is 1. The van der Waals surface area contributed by atoms with Gasteiger partial charge < -0.3 is 36.2 Å². The number of urea groups is 1. The molecule has 3 aliphatic carbocycles. The van der Waals surface area contributed by atoms with Crippen molar-refractivity contribution >= 4 is 35.4 Å². The summed E-state index contributed by atoms with van der Waals surface area (Å²) < 4.78 is 5.88. The number of ketones is 1. The molecule has 2 aliphatic heterocycles. The first-order chi connectivity index (χ1) is 25.4. The summed E-state index contributed by atoms with van der Waals surface area (Å²) >= 11 is 0. The zero-order chi connectivity index (χ0) is 39.5. The predicted molar refractivity (Wildman–Crippen MR) is 205 cm³/mol. The highest BCUT2D eigenvalue weighted by Gasteiger charge is 2.51. The minimum atomic E-state index is -1.09. The molecule has 3 saturated carbocycles. The number of Topliss-reactive ketones (excluding diaryl/α,β-unsaturated/α-hetero) is 1. The third-order valence-corrected chi connectivity index (χ3v) is 13.6. The number of nitrogens with one attached hydrogen (secondary N) is 3. The topological polar surface area (TPSA) is 180 Å². The van der Waals surface area contributed by atoms with Crippen LogP contribution in [0.5, 0.6) is 0 Å². The van der Waals surface area contributed by atoms with E-state index in [1.807, 2.05) is 34.6 Å². The van der Waals surface area contributed by atoms with E-state index in [1.165, 1.54) is 0 Å². The van der Waals surface area contributed by atoms with Gasteiger partial charge in [-0.25, -0.2) is 4.79 Å². The van der Waals surface area contributed by atoms with Crippen LogP contribution in [0.4, 0.5) is 4.79 Å². The predicted octanol–water partition coefficient (Wildman–Crippen LogP) is 4.06. The maximum atomic E-state index is 14.8. The molecule has 7 atom stereocenters. The zero-order valence-electron chi connectivity index (χ0n) is 33.9. The van der Waals surface area contributed by atoms with Crippen LogP contribution in [0, 0.1) is 34.5 Å². The van der Waals surface area contributed by atoms with E-state index in [2.05, 4.69) is 29.8 Å². The number of rotatable bonds is 13. The molecule has 304 valence electrons. The maximum Gasteiger partial charge on any atom is 0.316 e. The molecule has 6 amide bonds. The lowest BCUT2D eigenvalue weighted by atomic mass is 9.61. The average molecular weight is 757 g/mol. The molecule has 0 aromatic rings. The van der Waals surface area contributed by atoms with Gasteiger partial charge in [-0.1, -0.05) is 79.6 Å². The number of amides is 6. The number of nitrogens with zero attached hydrogens (tertiary/aromatic N) is 2. The van der Waals surface area contributed by atoms with E-state index in [9.17, 15) is 28.8 Å². The van der Waals surface area contributed by atoms with Crippen LogP contribution in [0.3, 0.4) is 0 Å². The van der Waals surface area contributed by atoms with Gasteiger partial charge in [0.15, 0.2) is 0 Å². The molecule has 5 aliphatic rings. The molecule has 54 heavy (non-hydrogen) atoms. The van der Waals surface area contributed by atoms with Crippen LogP contribution in [-0.4, -0.2) is 101 Å². The molecule has 0 radical (unpaired) electrons. The first-order valence-corrected chi connectivity index (χ1v) is 20.8. The summed E-state index contributed by atoms with van der Waals surface area (Å²) in [5, 5.41) is 8.84. The van der Waals surface area contributed by atoms with Crippen molar-refractivity contribution in [3.05, 3.63) is 0 Å². The molecule has 0 spiro atoms. The Bertz CT molecular complexity index is 1390. The second kappa shape index (κ2) is 17.3. The summed E-state index contributed by atoms with van der Waals surface area (Å²) in [5.41, 5.74) is 4.51. The molecule has 13 heteroatoms. The molecular weight excluding hydrogens is 688 g/mol. The Morgan fingerprint density at radius 1 is 0.741 bits per heavy atom. The summed E-state index contributed by atoms with van der Waals surface area (Å²) in [4.78, 5) is 85.6. The fourth-order valence-corrected chi connectivity index (χ4v) is 9.62. The number of carbonyl (C=O) groups excluding carboxylic acids is 6. The molecule has 2 saturated heterocycles. The highest BCUT2D eigenvalue weighted by Crippen LogP contribution is 2.50. The van der Waals surface area contributed by atoms with Crippen LogP contribution in [0.2, 0.25) is 0 Å². The molecule has 0 aromatic carbocycles. The third-order valence-electron chi connectivity index (χ3n) is 13.6. The molecular formula is C41H68N6O7. The molecule has 0 bridgehead atoms. The lowest BCUT2D eigenvalue weighted by molar-refractivity contribution is -0.146. The van der Waals surface area contributed by atoms with Gasteiger partial charge in [-0.2, -0.15) is 0 Å². The Labute approximate surface area is 322 Å². The van der Waals surface area contributed by atoms with Crippen LogP contribution >= 0.6 is 0 Å². The van der Waals surface area contributed by atoms with Gasteiger partial charge >= 0.3 is 6.03 Å². The molecule has 2 unspecified atom stereocenters. The lowest BCUT2D eigenvalue weighted by Crippen LogP contribution is -2.63. The Morgan fingerprint density at radius 3 is 1.87 bits per heavy atom. The van der Waals surface area contributed by atoms with Crippen molar-refractivity contribution in [3.63, 3.8) is 0 Å². The summed E-state index contributed by atoms with van der Waals surface area (Å²) in [6, 6.07) is -4.32. The first kappa shape index (κ1) is 41.9. The number of hydrogen-bond donors (Lipinski definition) is 4. The van der Waals surface area contributed by atoms with Crippen molar-refractivity contribution in [2.24, 2.45) is 40.2 Å². The van der Waals surface area contributed by atoms with E-state index in [0.29, 0.717) is 38.4 Å². The molecule has 13 nitrogen and oxygen atoms in total. The smallest absolute Gasteiger partial charge is 0.316 e. The molecule has 5 N–H and O–H groups in total. The maximum absolute atomic E-state index is 14.8. The number of carbonyl (C=O) groups is 6. The Kier molecular flexibility index (Phi) is 13.4. The van der Waals surface area contributed by atoms with Gasteiger partial charge in [-0.3, -0.25) is 24.0 Å². The van der Waals surface area contributed by atoms with Crippen molar-refractivity contribution < 1.29 is 33.5 Å². The average Bonchev–Trinajstić information content (AvgIpc) is 3.51. The Hall–Kier alpha value is -3.22. The summed E-state index contributed by atoms with van der Waals surface area (Å²) in [6.45, 7) is 15.1. The SMILES string of the molecule is C[C@@H]1CN(C(=O)[C@@H](NC(=O)N[C@@H](C(=O)N2CC(C(C)(C)C3CCC3)C[C@H]2C(=O)NC(CC2CCC2)C(=O)C(N)=O)C(C)(C)C)C2CCCCC2)C[C@H](C)O1. The highest BCUT2D eigenvalue weighted by atomic mass is 16.5. The van der Waals surface area contributed by atoms with Crippen LogP contribution in [0.15, 0.2) is 0 Å². The monoisotopic (exact) mass is 757 g/mol. The summed E-state index contributed by atoms with van der Waals surface area (Å²) in [6.07, 6.45) is 11.5. The molecule has 2 heterocycles. The van der Waals surface area contributed by atoms with Gasteiger partial charge in [-0.05, 0) is 86.9 Å². The van der Waals surface area contributed by atoms with Gasteiger partial charge in [0.1, 0.15) is 18.1 Å².